The van der Waals surface area contributed by atoms with Crippen LogP contribution in [0.4, 0.5) is 0 Å². The Kier molecular flexibility index (Phi) is 6.22. The van der Waals surface area contributed by atoms with Crippen molar-refractivity contribution in [2.24, 2.45) is 0 Å². The third-order valence-corrected chi connectivity index (χ3v) is 2.19. The molecule has 0 aromatic rings. The summed E-state index contributed by atoms with van der Waals surface area (Å²) < 4.78 is 0. The number of allylic oxidation sites excluding steroid dienone is 6. The maximum Gasteiger partial charge on any atom is -0.0316 e. The van der Waals surface area contributed by atoms with Gasteiger partial charge in [0.2, 0.25) is 0 Å². The first-order valence-electron chi connectivity index (χ1n) is 5.30. The highest BCUT2D eigenvalue weighted by Gasteiger charge is 1.88. The first-order chi connectivity index (χ1) is 6.50. The number of hydrogen-bond acceptors (Lipinski definition) is 0. The molecule has 0 unspecified atom stereocenters. The summed E-state index contributed by atoms with van der Waals surface area (Å²) in [5.74, 6) is 0. The summed E-state index contributed by atoms with van der Waals surface area (Å²) in [7, 11) is 0. The highest BCUT2D eigenvalue weighted by molar-refractivity contribution is 5.11. The van der Waals surface area contributed by atoms with Crippen molar-refractivity contribution >= 4 is 0 Å². The molecule has 0 saturated heterocycles. The van der Waals surface area contributed by atoms with Gasteiger partial charge in [-0.1, -0.05) is 49.3 Å². The third kappa shape index (κ3) is 6.39. The zero-order valence-electron chi connectivity index (χ0n) is 8.28. The predicted molar refractivity (Wildman–Crippen MR) is 59.4 cm³/mol. The second-order valence-corrected chi connectivity index (χ2v) is 3.40. The monoisotopic (exact) mass is 175 g/mol. The van der Waals surface area contributed by atoms with E-state index in [1.165, 1.54) is 32.1 Å². The van der Waals surface area contributed by atoms with Crippen molar-refractivity contribution in [1.29, 1.82) is 0 Å². The molecule has 0 aliphatic heterocycles. The van der Waals surface area contributed by atoms with E-state index in [0.29, 0.717) is 0 Å². The van der Waals surface area contributed by atoms with Crippen molar-refractivity contribution < 1.29 is 0 Å². The highest BCUT2D eigenvalue weighted by atomic mass is 13.9. The second-order valence-electron chi connectivity index (χ2n) is 3.40. The lowest BCUT2D eigenvalue weighted by Crippen LogP contribution is -1.78. The SMILES string of the molecule is [CH]1C\C=C/C=C/C=C\CCCCC1. The van der Waals surface area contributed by atoms with E-state index >= 15 is 0 Å². The summed E-state index contributed by atoms with van der Waals surface area (Å²) >= 11 is 0. The van der Waals surface area contributed by atoms with Gasteiger partial charge in [0.05, 0.1) is 0 Å². The quantitative estimate of drug-likeness (QED) is 0.517. The van der Waals surface area contributed by atoms with Crippen LogP contribution in [0.2, 0.25) is 0 Å². The lowest BCUT2D eigenvalue weighted by molar-refractivity contribution is 0.676. The van der Waals surface area contributed by atoms with Crippen LogP contribution in [-0.4, -0.2) is 0 Å². The summed E-state index contributed by atoms with van der Waals surface area (Å²) in [6.45, 7) is 0. The Morgan fingerprint density at radius 1 is 0.615 bits per heavy atom. The zero-order chi connectivity index (χ0) is 9.19. The van der Waals surface area contributed by atoms with Crippen molar-refractivity contribution in [1.82, 2.24) is 0 Å². The lowest BCUT2D eigenvalue weighted by atomic mass is 10.1. The minimum Gasteiger partial charge on any atom is -0.0845 e. The van der Waals surface area contributed by atoms with E-state index in [1.54, 1.807) is 0 Å². The van der Waals surface area contributed by atoms with Crippen LogP contribution < -0.4 is 0 Å². The summed E-state index contributed by atoms with van der Waals surface area (Å²) in [5, 5.41) is 0. The molecule has 0 spiro atoms. The normalized spacial score (nSPS) is 27.7. The van der Waals surface area contributed by atoms with Gasteiger partial charge in [0, 0.05) is 0 Å². The smallest absolute Gasteiger partial charge is 0.0316 e. The van der Waals surface area contributed by atoms with Gasteiger partial charge in [0.25, 0.3) is 0 Å². The van der Waals surface area contributed by atoms with E-state index in [-0.39, 0.29) is 0 Å². The molecule has 0 aromatic heterocycles. The molecule has 0 aromatic carbocycles. The third-order valence-electron chi connectivity index (χ3n) is 2.19. The molecule has 0 N–H and O–H groups in total. The van der Waals surface area contributed by atoms with Crippen LogP contribution >= 0.6 is 0 Å². The maximum absolute atomic E-state index is 2.37. The summed E-state index contributed by atoms with van der Waals surface area (Å²) in [5.41, 5.74) is 0. The van der Waals surface area contributed by atoms with E-state index in [4.69, 9.17) is 0 Å². The van der Waals surface area contributed by atoms with Crippen molar-refractivity contribution in [3.05, 3.63) is 42.9 Å². The van der Waals surface area contributed by atoms with Gasteiger partial charge in [0.1, 0.15) is 0 Å². The summed E-state index contributed by atoms with van der Waals surface area (Å²) in [6.07, 6.45) is 23.0. The Morgan fingerprint density at radius 2 is 1.38 bits per heavy atom. The van der Waals surface area contributed by atoms with Crippen LogP contribution in [0, 0.1) is 6.42 Å². The molecule has 0 saturated carbocycles. The molecule has 0 heterocycles. The molecule has 13 heavy (non-hydrogen) atoms. The Morgan fingerprint density at radius 3 is 2.31 bits per heavy atom. The van der Waals surface area contributed by atoms with E-state index in [9.17, 15) is 0 Å². The highest BCUT2D eigenvalue weighted by Crippen LogP contribution is 2.07. The van der Waals surface area contributed by atoms with Gasteiger partial charge >= 0.3 is 0 Å². The molecule has 71 valence electrons. The first kappa shape index (κ1) is 10.3. The van der Waals surface area contributed by atoms with Crippen molar-refractivity contribution in [2.75, 3.05) is 0 Å². The van der Waals surface area contributed by atoms with Crippen molar-refractivity contribution in [3.8, 4) is 0 Å². The van der Waals surface area contributed by atoms with E-state index in [2.05, 4.69) is 42.9 Å². The Balaban J connectivity index is 2.29. The molecule has 0 fully saturated rings. The minimum atomic E-state index is 1.12. The van der Waals surface area contributed by atoms with Gasteiger partial charge in [0.15, 0.2) is 0 Å². The van der Waals surface area contributed by atoms with Crippen LogP contribution in [0.25, 0.3) is 0 Å². The fourth-order valence-corrected chi connectivity index (χ4v) is 1.40. The number of hydrogen-bond donors (Lipinski definition) is 0. The van der Waals surface area contributed by atoms with E-state index in [1.807, 2.05) is 0 Å². The maximum atomic E-state index is 2.37. The van der Waals surface area contributed by atoms with Crippen molar-refractivity contribution in [3.63, 3.8) is 0 Å². The predicted octanol–water partition coefficient (Wildman–Crippen LogP) is 4.21. The van der Waals surface area contributed by atoms with Gasteiger partial charge in [-0.25, -0.2) is 0 Å². The Hall–Kier alpha value is -0.780. The molecular formula is C13H19. The fraction of sp³-hybridized carbons (Fsp3) is 0.462. The van der Waals surface area contributed by atoms with E-state index in [0.717, 1.165) is 6.42 Å². The van der Waals surface area contributed by atoms with Crippen LogP contribution in [-0.2, 0) is 0 Å². The molecule has 1 aliphatic rings. The fourth-order valence-electron chi connectivity index (χ4n) is 1.40. The summed E-state index contributed by atoms with van der Waals surface area (Å²) in [4.78, 5) is 0. The average molecular weight is 175 g/mol. The molecule has 0 amide bonds. The second kappa shape index (κ2) is 7.85. The molecule has 0 atom stereocenters. The molecule has 1 aliphatic carbocycles. The minimum absolute atomic E-state index is 1.12. The first-order valence-corrected chi connectivity index (χ1v) is 5.30. The van der Waals surface area contributed by atoms with E-state index < -0.39 is 0 Å². The van der Waals surface area contributed by atoms with Crippen LogP contribution in [0.5, 0.6) is 0 Å². The van der Waals surface area contributed by atoms with Gasteiger partial charge in [-0.05, 0) is 32.1 Å². The van der Waals surface area contributed by atoms with Gasteiger partial charge < -0.3 is 0 Å². The lowest BCUT2D eigenvalue weighted by Gasteiger charge is -1.97. The average Bonchev–Trinajstić information content (AvgIpc) is 2.18. The molecule has 1 rings (SSSR count). The molecular weight excluding hydrogens is 156 g/mol. The van der Waals surface area contributed by atoms with Crippen molar-refractivity contribution in [2.45, 2.75) is 38.5 Å². The van der Waals surface area contributed by atoms with Gasteiger partial charge in [-0.3, -0.25) is 0 Å². The Bertz CT molecular complexity index is 164. The van der Waals surface area contributed by atoms with Gasteiger partial charge in [-0.15, -0.1) is 0 Å². The van der Waals surface area contributed by atoms with Crippen LogP contribution in [0.3, 0.4) is 0 Å². The van der Waals surface area contributed by atoms with Crippen LogP contribution in [0.15, 0.2) is 36.5 Å². The zero-order valence-corrected chi connectivity index (χ0v) is 8.28. The molecule has 0 bridgehead atoms. The molecule has 0 heteroatoms. The Labute approximate surface area is 82.0 Å². The standard InChI is InChI=1S/C13H19/c1-2-4-6-8-10-12-13-11-9-7-5-3-1/h1-6,9H,7-8,10-13H2/b2-1+,5-3-,6-4-. The summed E-state index contributed by atoms with van der Waals surface area (Å²) in [6, 6.07) is 0. The van der Waals surface area contributed by atoms with Gasteiger partial charge in [-0.2, -0.15) is 0 Å². The molecule has 0 nitrogen and oxygen atoms in total. The van der Waals surface area contributed by atoms with Crippen LogP contribution in [0.1, 0.15) is 38.5 Å². The molecule has 1 radical (unpaired) electrons. The number of rotatable bonds is 0. The largest absolute Gasteiger partial charge is 0.0845 e. The topological polar surface area (TPSA) is 0 Å².